The van der Waals surface area contributed by atoms with Crippen molar-refractivity contribution in [1.29, 1.82) is 0 Å². The summed E-state index contributed by atoms with van der Waals surface area (Å²) in [4.78, 5) is 36.4. The summed E-state index contributed by atoms with van der Waals surface area (Å²) in [6, 6.07) is 1.61. The summed E-state index contributed by atoms with van der Waals surface area (Å²) in [6.07, 6.45) is 0. The highest BCUT2D eigenvalue weighted by Crippen LogP contribution is 2.41. The van der Waals surface area contributed by atoms with Crippen LogP contribution in [0.5, 0.6) is 0 Å². The molecule has 2 amide bonds. The smallest absolute Gasteiger partial charge is 0.355 e. The van der Waals surface area contributed by atoms with Gasteiger partial charge < -0.3 is 10.4 Å². The summed E-state index contributed by atoms with van der Waals surface area (Å²) in [5, 5.41) is 9.98. The van der Waals surface area contributed by atoms with E-state index < -0.39 is 56.1 Å². The van der Waals surface area contributed by atoms with Crippen LogP contribution in [0.1, 0.15) is 10.1 Å². The molecule has 3 N–H and O–H groups in total. The van der Waals surface area contributed by atoms with E-state index in [0.717, 1.165) is 23.1 Å². The Labute approximate surface area is 154 Å². The first-order valence-corrected chi connectivity index (χ1v) is 10.4. The predicted octanol–water partition coefficient (Wildman–Crippen LogP) is 0.343. The normalized spacial score (nSPS) is 23.9. The maximum Gasteiger partial charge on any atom is 0.355 e. The Balaban J connectivity index is 1.81. The van der Waals surface area contributed by atoms with Gasteiger partial charge in [-0.25, -0.2) is 9.18 Å². The average molecular weight is 422 g/mol. The SMILES string of the molecule is O=C(O)C1=C(F)CS[C@H]2C(NC(=O)C(c3cccs3)S(=O)(=O)O)C(=O)N12. The molecule has 2 aliphatic rings. The number of hydrogen-bond donors (Lipinski definition) is 3. The molecule has 1 aromatic heterocycles. The minimum absolute atomic E-state index is 0.0575. The lowest BCUT2D eigenvalue weighted by Crippen LogP contribution is -2.70. The monoisotopic (exact) mass is 422 g/mol. The second-order valence-electron chi connectivity index (χ2n) is 5.37. The number of aliphatic carboxylic acids is 1. The molecule has 3 heterocycles. The molecule has 1 aromatic rings. The second-order valence-corrected chi connectivity index (χ2v) is 8.95. The fourth-order valence-corrected chi connectivity index (χ4v) is 5.80. The van der Waals surface area contributed by atoms with E-state index in [0.29, 0.717) is 4.90 Å². The Morgan fingerprint density at radius 1 is 1.42 bits per heavy atom. The van der Waals surface area contributed by atoms with Gasteiger partial charge in [-0.1, -0.05) is 6.07 Å². The number of carboxylic acids is 1. The minimum Gasteiger partial charge on any atom is -0.476 e. The molecule has 140 valence electrons. The van der Waals surface area contributed by atoms with Crippen LogP contribution >= 0.6 is 23.1 Å². The number of carboxylic acid groups (broad SMARTS) is 1. The molecule has 1 fully saturated rings. The van der Waals surface area contributed by atoms with E-state index in [-0.39, 0.29) is 10.6 Å². The van der Waals surface area contributed by atoms with Gasteiger partial charge in [0.15, 0.2) is 10.9 Å². The maximum atomic E-state index is 13.7. The standard InChI is InChI=1S/C13H11FN2O7S3/c14-5-4-25-12-7(11(18)16(12)8(5)13(19)20)15-10(17)9(26(21,22)23)6-2-1-3-24-6/h1-3,7,9,12H,4H2,(H,15,17)(H,19,20)(H,21,22,23)/t7?,9?,12-/m0/s1. The largest absolute Gasteiger partial charge is 0.476 e. The van der Waals surface area contributed by atoms with Crippen molar-refractivity contribution in [1.82, 2.24) is 10.2 Å². The third kappa shape index (κ3) is 3.11. The van der Waals surface area contributed by atoms with E-state index in [1.54, 1.807) is 0 Å². The molecule has 0 aromatic carbocycles. The Morgan fingerprint density at radius 3 is 2.65 bits per heavy atom. The van der Waals surface area contributed by atoms with Crippen LogP contribution in [0.25, 0.3) is 0 Å². The highest BCUT2D eigenvalue weighted by molar-refractivity contribution is 8.00. The van der Waals surface area contributed by atoms with Crippen molar-refractivity contribution >= 4 is 51.0 Å². The summed E-state index contributed by atoms with van der Waals surface area (Å²) < 4.78 is 46.2. The zero-order chi connectivity index (χ0) is 19.2. The number of thiophene rings is 1. The maximum absolute atomic E-state index is 13.7. The third-order valence-corrected chi connectivity index (χ3v) is 7.15. The van der Waals surface area contributed by atoms with Crippen molar-refractivity contribution in [2.24, 2.45) is 0 Å². The lowest BCUT2D eigenvalue weighted by Gasteiger charge is -2.48. The van der Waals surface area contributed by atoms with Gasteiger partial charge in [-0.05, 0) is 11.4 Å². The van der Waals surface area contributed by atoms with Gasteiger partial charge in [-0.2, -0.15) is 8.42 Å². The highest BCUT2D eigenvalue weighted by atomic mass is 32.2. The van der Waals surface area contributed by atoms with Crippen LogP contribution in [0.3, 0.4) is 0 Å². The van der Waals surface area contributed by atoms with Crippen LogP contribution in [-0.4, -0.2) is 57.9 Å². The molecule has 3 rings (SSSR count). The van der Waals surface area contributed by atoms with Crippen molar-refractivity contribution in [2.75, 3.05) is 5.75 Å². The first kappa shape index (κ1) is 18.8. The molecule has 26 heavy (non-hydrogen) atoms. The fraction of sp³-hybridized carbons (Fsp3) is 0.308. The molecule has 9 nitrogen and oxygen atoms in total. The molecule has 0 spiro atoms. The number of carbonyl (C=O) groups is 3. The van der Waals surface area contributed by atoms with Crippen molar-refractivity contribution in [2.45, 2.75) is 16.7 Å². The van der Waals surface area contributed by atoms with E-state index in [1.807, 2.05) is 0 Å². The number of β-lactam (4-membered cyclic amide) rings is 1. The van der Waals surface area contributed by atoms with Gasteiger partial charge in [0.2, 0.25) is 5.91 Å². The predicted molar refractivity (Wildman–Crippen MR) is 89.4 cm³/mol. The number of carbonyl (C=O) groups excluding carboxylic acids is 2. The minimum atomic E-state index is -4.79. The third-order valence-electron chi connectivity index (χ3n) is 3.76. The van der Waals surface area contributed by atoms with Gasteiger partial charge in [0.1, 0.15) is 17.2 Å². The molecule has 1 saturated heterocycles. The topological polar surface area (TPSA) is 141 Å². The van der Waals surface area contributed by atoms with Gasteiger partial charge in [-0.15, -0.1) is 23.1 Å². The molecule has 13 heteroatoms. The second kappa shape index (κ2) is 6.64. The lowest BCUT2D eigenvalue weighted by atomic mass is 10.0. The summed E-state index contributed by atoms with van der Waals surface area (Å²) in [7, 11) is -4.79. The number of hydrogen-bond acceptors (Lipinski definition) is 7. The molecule has 2 unspecified atom stereocenters. The Bertz CT molecular complexity index is 912. The highest BCUT2D eigenvalue weighted by Gasteiger charge is 2.55. The summed E-state index contributed by atoms with van der Waals surface area (Å²) in [5.41, 5.74) is -0.783. The van der Waals surface area contributed by atoms with Gasteiger partial charge in [-0.3, -0.25) is 19.0 Å². The quantitative estimate of drug-likeness (QED) is 0.456. The van der Waals surface area contributed by atoms with Gasteiger partial charge >= 0.3 is 5.97 Å². The van der Waals surface area contributed by atoms with Gasteiger partial charge in [0, 0.05) is 10.6 Å². The van der Waals surface area contributed by atoms with E-state index in [1.165, 1.54) is 17.5 Å². The zero-order valence-electron chi connectivity index (χ0n) is 12.7. The fourth-order valence-electron chi connectivity index (χ4n) is 2.66. The average Bonchev–Trinajstić information content (AvgIpc) is 3.04. The van der Waals surface area contributed by atoms with E-state index in [2.05, 4.69) is 5.32 Å². The molecule has 0 saturated carbocycles. The molecule has 0 bridgehead atoms. The van der Waals surface area contributed by atoms with Crippen LogP contribution in [0.2, 0.25) is 0 Å². The Kier molecular flexibility index (Phi) is 4.81. The van der Waals surface area contributed by atoms with E-state index in [4.69, 9.17) is 5.11 Å². The first-order valence-electron chi connectivity index (χ1n) is 6.99. The van der Waals surface area contributed by atoms with Crippen LogP contribution in [0.15, 0.2) is 29.0 Å². The van der Waals surface area contributed by atoms with Gasteiger partial charge in [0.05, 0.1) is 0 Å². The van der Waals surface area contributed by atoms with Crippen molar-refractivity contribution in [3.8, 4) is 0 Å². The van der Waals surface area contributed by atoms with Crippen molar-refractivity contribution < 1.29 is 36.9 Å². The number of nitrogens with zero attached hydrogens (tertiary/aromatic N) is 1. The summed E-state index contributed by atoms with van der Waals surface area (Å²) in [6.45, 7) is 0. The summed E-state index contributed by atoms with van der Waals surface area (Å²) >= 11 is 1.83. The van der Waals surface area contributed by atoms with Crippen LogP contribution in [-0.2, 0) is 24.5 Å². The van der Waals surface area contributed by atoms with Crippen molar-refractivity contribution in [3.63, 3.8) is 0 Å². The van der Waals surface area contributed by atoms with Crippen LogP contribution in [0, 0.1) is 0 Å². The number of nitrogens with one attached hydrogen (secondary N) is 1. The van der Waals surface area contributed by atoms with E-state index >= 15 is 0 Å². The Morgan fingerprint density at radius 2 is 2.12 bits per heavy atom. The zero-order valence-corrected chi connectivity index (χ0v) is 15.1. The van der Waals surface area contributed by atoms with Crippen LogP contribution < -0.4 is 5.32 Å². The molecule has 0 radical (unpaired) electrons. The van der Waals surface area contributed by atoms with Crippen LogP contribution in [0.4, 0.5) is 4.39 Å². The van der Waals surface area contributed by atoms with Gasteiger partial charge in [0.25, 0.3) is 16.0 Å². The van der Waals surface area contributed by atoms with E-state index in [9.17, 15) is 31.7 Å². The first-order chi connectivity index (χ1) is 12.1. The molecule has 2 aliphatic heterocycles. The summed E-state index contributed by atoms with van der Waals surface area (Å²) in [5.74, 6) is -4.87. The number of amides is 2. The molecular formula is C13H11FN2O7S3. The lowest BCUT2D eigenvalue weighted by molar-refractivity contribution is -0.150. The number of thioether (sulfide) groups is 1. The van der Waals surface area contributed by atoms with Crippen molar-refractivity contribution in [3.05, 3.63) is 33.9 Å². The molecule has 3 atom stereocenters. The molecule has 0 aliphatic carbocycles. The number of fused-ring (bicyclic) bond motifs is 1. The number of rotatable bonds is 5. The Hall–Kier alpha value is -1.96. The number of halogens is 1. The molecular weight excluding hydrogens is 411 g/mol.